The topological polar surface area (TPSA) is 77.8 Å². The van der Waals surface area contributed by atoms with Gasteiger partial charge in [0.25, 0.3) is 5.91 Å². The van der Waals surface area contributed by atoms with Gasteiger partial charge in [0, 0.05) is 24.1 Å². The van der Waals surface area contributed by atoms with Gasteiger partial charge in [-0.2, -0.15) is 0 Å². The molecule has 1 aromatic carbocycles. The highest BCUT2D eigenvalue weighted by atomic mass is 16.5. The molecule has 0 aliphatic heterocycles. The smallest absolute Gasteiger partial charge is 0.375 e. The van der Waals surface area contributed by atoms with Crippen molar-refractivity contribution in [2.45, 2.75) is 26.5 Å². The summed E-state index contributed by atoms with van der Waals surface area (Å²) in [6.07, 6.45) is 0. The number of amides is 1. The van der Waals surface area contributed by atoms with Crippen LogP contribution in [-0.2, 0) is 20.9 Å². The second-order valence-electron chi connectivity index (χ2n) is 5.14. The van der Waals surface area contributed by atoms with Gasteiger partial charge in [-0.25, -0.2) is 4.79 Å². The maximum atomic E-state index is 12.1. The summed E-state index contributed by atoms with van der Waals surface area (Å²) in [5, 5.41) is 3.44. The number of hydrogen-bond acceptors (Lipinski definition) is 5. The highest BCUT2D eigenvalue weighted by molar-refractivity contribution is 5.96. The molecule has 118 valence electrons. The minimum Gasteiger partial charge on any atom is -0.450 e. The van der Waals surface area contributed by atoms with E-state index >= 15 is 0 Å². The number of carbonyl (C=O) groups excluding carboxylic acids is 2. The summed E-state index contributed by atoms with van der Waals surface area (Å²) in [5.41, 5.74) is 1.19. The van der Waals surface area contributed by atoms with Crippen molar-refractivity contribution in [3.05, 3.63) is 35.6 Å². The van der Waals surface area contributed by atoms with Crippen molar-refractivity contribution in [3.8, 4) is 0 Å². The van der Waals surface area contributed by atoms with Crippen LogP contribution in [0.4, 0.5) is 0 Å². The SMILES string of the molecule is COCc1c(C(=O)OCC(=O)NC(C)C)oc2ccccc12. The molecule has 0 aliphatic carbocycles. The number of fused-ring (bicyclic) bond motifs is 1. The monoisotopic (exact) mass is 305 g/mol. The molecule has 6 nitrogen and oxygen atoms in total. The Bertz CT molecular complexity index is 674. The van der Waals surface area contributed by atoms with E-state index in [4.69, 9.17) is 13.9 Å². The minimum atomic E-state index is -0.679. The van der Waals surface area contributed by atoms with Crippen molar-refractivity contribution < 1.29 is 23.5 Å². The van der Waals surface area contributed by atoms with Crippen LogP contribution in [0.15, 0.2) is 28.7 Å². The molecule has 0 saturated heterocycles. The second kappa shape index (κ2) is 7.09. The van der Waals surface area contributed by atoms with Crippen LogP contribution in [0.25, 0.3) is 11.0 Å². The normalized spacial score (nSPS) is 10.9. The number of benzene rings is 1. The molecule has 22 heavy (non-hydrogen) atoms. The largest absolute Gasteiger partial charge is 0.450 e. The number of hydrogen-bond donors (Lipinski definition) is 1. The lowest BCUT2D eigenvalue weighted by atomic mass is 10.1. The van der Waals surface area contributed by atoms with Crippen molar-refractivity contribution in [1.82, 2.24) is 5.32 Å². The third-order valence-electron chi connectivity index (χ3n) is 2.96. The van der Waals surface area contributed by atoms with E-state index in [1.807, 2.05) is 32.0 Å². The van der Waals surface area contributed by atoms with Crippen LogP contribution in [0.5, 0.6) is 0 Å². The first-order valence-electron chi connectivity index (χ1n) is 6.98. The predicted molar refractivity (Wildman–Crippen MR) is 80.5 cm³/mol. The van der Waals surface area contributed by atoms with Gasteiger partial charge in [-0.1, -0.05) is 18.2 Å². The van der Waals surface area contributed by atoms with Crippen LogP contribution < -0.4 is 5.32 Å². The molecule has 2 aromatic rings. The van der Waals surface area contributed by atoms with Crippen LogP contribution in [0.1, 0.15) is 30.0 Å². The first-order valence-corrected chi connectivity index (χ1v) is 6.98. The van der Waals surface area contributed by atoms with Crippen LogP contribution >= 0.6 is 0 Å². The summed E-state index contributed by atoms with van der Waals surface area (Å²) in [6, 6.07) is 7.25. The van der Waals surface area contributed by atoms with E-state index in [2.05, 4.69) is 5.32 Å². The lowest BCUT2D eigenvalue weighted by Crippen LogP contribution is -2.34. The third kappa shape index (κ3) is 3.65. The average Bonchev–Trinajstić information content (AvgIpc) is 2.84. The number of furan rings is 1. The molecular weight excluding hydrogens is 286 g/mol. The summed E-state index contributed by atoms with van der Waals surface area (Å²) in [5.74, 6) is -0.963. The zero-order chi connectivity index (χ0) is 16.1. The van der Waals surface area contributed by atoms with Gasteiger partial charge in [0.05, 0.1) is 6.61 Å². The Morgan fingerprint density at radius 3 is 2.68 bits per heavy atom. The lowest BCUT2D eigenvalue weighted by molar-refractivity contribution is -0.124. The first kappa shape index (κ1) is 16.0. The second-order valence-corrected chi connectivity index (χ2v) is 5.14. The Kier molecular flexibility index (Phi) is 5.16. The third-order valence-corrected chi connectivity index (χ3v) is 2.96. The highest BCUT2D eigenvalue weighted by Crippen LogP contribution is 2.27. The van der Waals surface area contributed by atoms with E-state index in [9.17, 15) is 9.59 Å². The predicted octanol–water partition coefficient (Wildman–Crippen LogP) is 2.26. The fourth-order valence-electron chi connectivity index (χ4n) is 2.11. The molecule has 0 aliphatic rings. The molecule has 1 heterocycles. The minimum absolute atomic E-state index is 0.0125. The number of nitrogens with one attached hydrogen (secondary N) is 1. The van der Waals surface area contributed by atoms with Crippen LogP contribution in [-0.4, -0.2) is 31.6 Å². The summed E-state index contributed by atoms with van der Waals surface area (Å²) >= 11 is 0. The first-order chi connectivity index (χ1) is 10.5. The van der Waals surface area contributed by atoms with Gasteiger partial charge in [-0.3, -0.25) is 4.79 Å². The van der Waals surface area contributed by atoms with E-state index in [1.54, 1.807) is 6.07 Å². The zero-order valence-electron chi connectivity index (χ0n) is 12.8. The van der Waals surface area contributed by atoms with Crippen molar-refractivity contribution in [2.24, 2.45) is 0 Å². The van der Waals surface area contributed by atoms with Crippen molar-refractivity contribution in [1.29, 1.82) is 0 Å². The number of esters is 1. The number of rotatable bonds is 6. The zero-order valence-corrected chi connectivity index (χ0v) is 12.8. The standard InChI is InChI=1S/C16H19NO5/c1-10(2)17-14(18)9-21-16(19)15-12(8-20-3)11-6-4-5-7-13(11)22-15/h4-7,10H,8-9H2,1-3H3,(H,17,18). The van der Waals surface area contributed by atoms with Crippen LogP contribution in [0.2, 0.25) is 0 Å². The molecule has 0 unspecified atom stereocenters. The summed E-state index contributed by atoms with van der Waals surface area (Å²) in [6.45, 7) is 3.53. The maximum absolute atomic E-state index is 12.1. The Morgan fingerprint density at radius 2 is 2.00 bits per heavy atom. The molecule has 0 atom stereocenters. The Hall–Kier alpha value is -2.34. The fraction of sp³-hybridized carbons (Fsp3) is 0.375. The molecule has 2 rings (SSSR count). The van der Waals surface area contributed by atoms with Crippen LogP contribution in [0, 0.1) is 0 Å². The molecular formula is C16H19NO5. The van der Waals surface area contributed by atoms with E-state index in [1.165, 1.54) is 7.11 Å². The summed E-state index contributed by atoms with van der Waals surface area (Å²) in [4.78, 5) is 23.7. The number of carbonyl (C=O) groups is 2. The van der Waals surface area contributed by atoms with Crippen LogP contribution in [0.3, 0.4) is 0 Å². The summed E-state index contributed by atoms with van der Waals surface area (Å²) in [7, 11) is 1.53. The average molecular weight is 305 g/mol. The van der Waals surface area contributed by atoms with Gasteiger partial charge in [0.15, 0.2) is 6.61 Å². The highest BCUT2D eigenvalue weighted by Gasteiger charge is 2.22. The number of para-hydroxylation sites is 1. The molecule has 6 heteroatoms. The van der Waals surface area contributed by atoms with E-state index < -0.39 is 5.97 Å². The van der Waals surface area contributed by atoms with Gasteiger partial charge >= 0.3 is 5.97 Å². The molecule has 1 aromatic heterocycles. The Morgan fingerprint density at radius 1 is 1.27 bits per heavy atom. The van der Waals surface area contributed by atoms with Gasteiger partial charge in [-0.05, 0) is 19.9 Å². The van der Waals surface area contributed by atoms with Crippen molar-refractivity contribution in [3.63, 3.8) is 0 Å². The maximum Gasteiger partial charge on any atom is 0.375 e. The Balaban J connectivity index is 2.17. The van der Waals surface area contributed by atoms with Crippen molar-refractivity contribution >= 4 is 22.8 Å². The molecule has 0 saturated carbocycles. The van der Waals surface area contributed by atoms with Gasteiger partial charge < -0.3 is 19.2 Å². The van der Waals surface area contributed by atoms with Crippen molar-refractivity contribution in [2.75, 3.05) is 13.7 Å². The van der Waals surface area contributed by atoms with Gasteiger partial charge in [0.1, 0.15) is 5.58 Å². The molecule has 1 amide bonds. The quantitative estimate of drug-likeness (QED) is 0.828. The molecule has 0 radical (unpaired) electrons. The fourth-order valence-corrected chi connectivity index (χ4v) is 2.11. The number of ether oxygens (including phenoxy) is 2. The van der Waals surface area contributed by atoms with E-state index in [0.717, 1.165) is 5.39 Å². The molecule has 0 bridgehead atoms. The summed E-state index contributed by atoms with van der Waals surface area (Å²) < 4.78 is 15.7. The molecule has 1 N–H and O–H groups in total. The number of methoxy groups -OCH3 is 1. The Labute approximate surface area is 128 Å². The lowest BCUT2D eigenvalue weighted by Gasteiger charge is -2.08. The van der Waals surface area contributed by atoms with Gasteiger partial charge in [0.2, 0.25) is 5.76 Å². The molecule has 0 spiro atoms. The van der Waals surface area contributed by atoms with E-state index in [-0.39, 0.29) is 30.9 Å². The van der Waals surface area contributed by atoms with E-state index in [0.29, 0.717) is 11.1 Å². The van der Waals surface area contributed by atoms with Gasteiger partial charge in [-0.15, -0.1) is 0 Å². The molecule has 0 fully saturated rings.